The van der Waals surface area contributed by atoms with Crippen molar-refractivity contribution in [3.05, 3.63) is 34.1 Å². The predicted molar refractivity (Wildman–Crippen MR) is 52.7 cm³/mol. The number of hydrogen-bond acceptors (Lipinski definition) is 2. The van der Waals surface area contributed by atoms with Gasteiger partial charge in [-0.2, -0.15) is 0 Å². The Balaban J connectivity index is 2.84. The highest BCUT2D eigenvalue weighted by molar-refractivity contribution is 9.10. The molecule has 0 aliphatic carbocycles. The molecule has 0 aromatic heterocycles. The SMILES string of the molecule is N[C@H](CCO)c1ccc(F)c(Br)c1. The van der Waals surface area contributed by atoms with Crippen LogP contribution in [0.15, 0.2) is 22.7 Å². The van der Waals surface area contributed by atoms with Crippen LogP contribution in [0.2, 0.25) is 0 Å². The summed E-state index contributed by atoms with van der Waals surface area (Å²) in [6.45, 7) is 0.0379. The Morgan fingerprint density at radius 2 is 2.23 bits per heavy atom. The average molecular weight is 248 g/mol. The lowest BCUT2D eigenvalue weighted by atomic mass is 10.1. The molecule has 0 saturated heterocycles. The van der Waals surface area contributed by atoms with Gasteiger partial charge in [-0.3, -0.25) is 0 Å². The fourth-order valence-corrected chi connectivity index (χ4v) is 1.45. The summed E-state index contributed by atoms with van der Waals surface area (Å²) in [5, 5.41) is 8.66. The third-order valence-corrected chi connectivity index (χ3v) is 2.42. The van der Waals surface area contributed by atoms with Gasteiger partial charge in [-0.05, 0) is 40.0 Å². The van der Waals surface area contributed by atoms with Crippen LogP contribution in [-0.2, 0) is 0 Å². The normalized spacial score (nSPS) is 12.9. The van der Waals surface area contributed by atoms with E-state index in [0.717, 1.165) is 5.56 Å². The lowest BCUT2D eigenvalue weighted by Gasteiger charge is -2.10. The second kappa shape index (κ2) is 4.69. The monoisotopic (exact) mass is 247 g/mol. The van der Waals surface area contributed by atoms with Crippen molar-refractivity contribution in [2.24, 2.45) is 5.73 Å². The first-order valence-electron chi connectivity index (χ1n) is 3.96. The Morgan fingerprint density at radius 1 is 1.54 bits per heavy atom. The smallest absolute Gasteiger partial charge is 0.137 e. The molecular weight excluding hydrogens is 237 g/mol. The van der Waals surface area contributed by atoms with Crippen LogP contribution in [0.4, 0.5) is 4.39 Å². The van der Waals surface area contributed by atoms with E-state index < -0.39 is 0 Å². The van der Waals surface area contributed by atoms with E-state index in [1.165, 1.54) is 6.07 Å². The van der Waals surface area contributed by atoms with Crippen molar-refractivity contribution in [2.75, 3.05) is 6.61 Å². The topological polar surface area (TPSA) is 46.2 Å². The Labute approximate surface area is 84.7 Å². The Bertz CT molecular complexity index is 293. The van der Waals surface area contributed by atoms with E-state index in [2.05, 4.69) is 15.9 Å². The minimum absolute atomic E-state index is 0.0379. The van der Waals surface area contributed by atoms with Gasteiger partial charge in [0.05, 0.1) is 4.47 Å². The van der Waals surface area contributed by atoms with Gasteiger partial charge in [0.2, 0.25) is 0 Å². The number of rotatable bonds is 3. The minimum atomic E-state index is -0.306. The zero-order valence-corrected chi connectivity index (χ0v) is 8.59. The van der Waals surface area contributed by atoms with Crippen molar-refractivity contribution in [2.45, 2.75) is 12.5 Å². The van der Waals surface area contributed by atoms with Crippen LogP contribution < -0.4 is 5.73 Å². The predicted octanol–water partition coefficient (Wildman–Crippen LogP) is 1.97. The van der Waals surface area contributed by atoms with Crippen LogP contribution in [-0.4, -0.2) is 11.7 Å². The molecule has 0 fully saturated rings. The van der Waals surface area contributed by atoms with Gasteiger partial charge in [-0.1, -0.05) is 6.07 Å². The van der Waals surface area contributed by atoms with E-state index in [1.54, 1.807) is 12.1 Å². The van der Waals surface area contributed by atoms with Crippen molar-refractivity contribution in [3.63, 3.8) is 0 Å². The van der Waals surface area contributed by atoms with E-state index in [-0.39, 0.29) is 18.5 Å². The second-order valence-electron chi connectivity index (χ2n) is 2.79. The highest BCUT2D eigenvalue weighted by Gasteiger charge is 2.07. The maximum atomic E-state index is 12.8. The molecule has 1 atom stereocenters. The van der Waals surface area contributed by atoms with Gasteiger partial charge < -0.3 is 10.8 Å². The van der Waals surface area contributed by atoms with Crippen molar-refractivity contribution in [3.8, 4) is 0 Å². The number of halogens is 2. The van der Waals surface area contributed by atoms with Crippen molar-refractivity contribution in [1.29, 1.82) is 0 Å². The summed E-state index contributed by atoms with van der Waals surface area (Å²) in [4.78, 5) is 0. The molecule has 2 nitrogen and oxygen atoms in total. The molecule has 72 valence electrons. The lowest BCUT2D eigenvalue weighted by molar-refractivity contribution is 0.276. The number of hydrogen-bond donors (Lipinski definition) is 2. The highest BCUT2D eigenvalue weighted by Crippen LogP contribution is 2.21. The summed E-state index contributed by atoms with van der Waals surface area (Å²) in [6.07, 6.45) is 0.484. The standard InChI is InChI=1S/C9H11BrFNO/c10-7-5-6(1-2-8(7)11)9(12)3-4-13/h1-2,5,9,13H,3-4,12H2/t9-/m1/s1. The maximum Gasteiger partial charge on any atom is 0.137 e. The zero-order chi connectivity index (χ0) is 9.84. The average Bonchev–Trinajstić information content (AvgIpc) is 2.10. The summed E-state index contributed by atoms with van der Waals surface area (Å²) >= 11 is 3.07. The molecule has 1 aromatic carbocycles. The van der Waals surface area contributed by atoms with Crippen LogP contribution in [0.25, 0.3) is 0 Å². The molecule has 0 bridgehead atoms. The molecule has 3 N–H and O–H groups in total. The van der Waals surface area contributed by atoms with Crippen LogP contribution in [0.3, 0.4) is 0 Å². The Morgan fingerprint density at radius 3 is 2.77 bits per heavy atom. The van der Waals surface area contributed by atoms with E-state index in [1.807, 2.05) is 0 Å². The molecule has 1 aromatic rings. The van der Waals surface area contributed by atoms with Gasteiger partial charge in [0, 0.05) is 12.6 Å². The number of benzene rings is 1. The van der Waals surface area contributed by atoms with Crippen molar-refractivity contribution < 1.29 is 9.50 Å². The van der Waals surface area contributed by atoms with Crippen LogP contribution in [0.5, 0.6) is 0 Å². The molecule has 13 heavy (non-hydrogen) atoms. The first kappa shape index (κ1) is 10.6. The van der Waals surface area contributed by atoms with E-state index in [4.69, 9.17) is 10.8 Å². The number of nitrogens with two attached hydrogens (primary N) is 1. The van der Waals surface area contributed by atoms with Crippen LogP contribution >= 0.6 is 15.9 Å². The molecule has 0 radical (unpaired) electrons. The van der Waals surface area contributed by atoms with Gasteiger partial charge >= 0.3 is 0 Å². The van der Waals surface area contributed by atoms with Gasteiger partial charge in [-0.25, -0.2) is 4.39 Å². The molecule has 0 aliphatic heterocycles. The summed E-state index contributed by atoms with van der Waals surface area (Å²) in [5.74, 6) is -0.306. The second-order valence-corrected chi connectivity index (χ2v) is 3.65. The quantitative estimate of drug-likeness (QED) is 0.858. The summed E-state index contributed by atoms with van der Waals surface area (Å²) < 4.78 is 13.2. The molecule has 0 spiro atoms. The lowest BCUT2D eigenvalue weighted by Crippen LogP contribution is -2.11. The van der Waals surface area contributed by atoms with E-state index >= 15 is 0 Å². The molecule has 0 heterocycles. The third-order valence-electron chi connectivity index (χ3n) is 1.81. The fourth-order valence-electron chi connectivity index (χ4n) is 1.05. The fraction of sp³-hybridized carbons (Fsp3) is 0.333. The molecule has 4 heteroatoms. The summed E-state index contributed by atoms with van der Waals surface area (Å²) in [6, 6.07) is 4.38. The zero-order valence-electron chi connectivity index (χ0n) is 7.00. The molecule has 1 rings (SSSR count). The molecule has 0 aliphatic rings. The Kier molecular flexibility index (Phi) is 3.84. The van der Waals surface area contributed by atoms with Crippen molar-refractivity contribution in [1.82, 2.24) is 0 Å². The number of aliphatic hydroxyl groups excluding tert-OH is 1. The summed E-state index contributed by atoms with van der Waals surface area (Å²) in [7, 11) is 0. The summed E-state index contributed by atoms with van der Waals surface area (Å²) in [5.41, 5.74) is 6.54. The van der Waals surface area contributed by atoms with Gasteiger partial charge in [-0.15, -0.1) is 0 Å². The first-order chi connectivity index (χ1) is 6.15. The van der Waals surface area contributed by atoms with Gasteiger partial charge in [0.1, 0.15) is 5.82 Å². The van der Waals surface area contributed by atoms with Crippen LogP contribution in [0, 0.1) is 5.82 Å². The largest absolute Gasteiger partial charge is 0.396 e. The highest BCUT2D eigenvalue weighted by atomic mass is 79.9. The van der Waals surface area contributed by atoms with Gasteiger partial charge in [0.25, 0.3) is 0 Å². The Hall–Kier alpha value is -0.450. The third kappa shape index (κ3) is 2.76. The van der Waals surface area contributed by atoms with E-state index in [9.17, 15) is 4.39 Å². The van der Waals surface area contributed by atoms with Crippen molar-refractivity contribution >= 4 is 15.9 Å². The number of aliphatic hydroxyl groups is 1. The first-order valence-corrected chi connectivity index (χ1v) is 4.76. The molecule has 0 saturated carbocycles. The molecule has 0 amide bonds. The van der Waals surface area contributed by atoms with Gasteiger partial charge in [0.15, 0.2) is 0 Å². The van der Waals surface area contributed by atoms with Crippen LogP contribution in [0.1, 0.15) is 18.0 Å². The molecular formula is C9H11BrFNO. The molecule has 0 unspecified atom stereocenters. The maximum absolute atomic E-state index is 12.8. The van der Waals surface area contributed by atoms with E-state index in [0.29, 0.717) is 10.9 Å². The minimum Gasteiger partial charge on any atom is -0.396 e.